The minimum absolute atomic E-state index is 0.713. The Morgan fingerprint density at radius 1 is 1.29 bits per heavy atom. The average Bonchev–Trinajstić information content (AvgIpc) is 2.72. The SMILES string of the molecule is CCNC1CCCC1Sc1cc(C)ccc1C. The van der Waals surface area contributed by atoms with Gasteiger partial charge < -0.3 is 5.32 Å². The van der Waals surface area contributed by atoms with Gasteiger partial charge >= 0.3 is 0 Å². The minimum atomic E-state index is 0.713. The molecule has 0 bridgehead atoms. The summed E-state index contributed by atoms with van der Waals surface area (Å²) in [5, 5.41) is 4.39. The topological polar surface area (TPSA) is 12.0 Å². The second kappa shape index (κ2) is 5.92. The Balaban J connectivity index is 2.06. The molecule has 0 heterocycles. The van der Waals surface area contributed by atoms with Crippen LogP contribution >= 0.6 is 11.8 Å². The van der Waals surface area contributed by atoms with Gasteiger partial charge in [-0.25, -0.2) is 0 Å². The number of aryl methyl sites for hydroxylation is 2. The van der Waals surface area contributed by atoms with E-state index in [4.69, 9.17) is 0 Å². The summed E-state index contributed by atoms with van der Waals surface area (Å²) in [5.74, 6) is 0. The van der Waals surface area contributed by atoms with Crippen molar-refractivity contribution in [2.75, 3.05) is 6.54 Å². The van der Waals surface area contributed by atoms with E-state index in [1.165, 1.54) is 35.3 Å². The van der Waals surface area contributed by atoms with Crippen LogP contribution < -0.4 is 5.32 Å². The summed E-state index contributed by atoms with van der Waals surface area (Å²) in [7, 11) is 0. The predicted molar refractivity (Wildman–Crippen MR) is 76.9 cm³/mol. The number of thioether (sulfide) groups is 1. The van der Waals surface area contributed by atoms with Crippen molar-refractivity contribution in [1.82, 2.24) is 5.32 Å². The van der Waals surface area contributed by atoms with Gasteiger partial charge in [0.25, 0.3) is 0 Å². The zero-order chi connectivity index (χ0) is 12.3. The molecule has 2 unspecified atom stereocenters. The Morgan fingerprint density at radius 3 is 2.88 bits per heavy atom. The molecule has 0 amide bonds. The van der Waals surface area contributed by atoms with E-state index in [2.05, 4.69) is 56.0 Å². The van der Waals surface area contributed by atoms with Crippen molar-refractivity contribution in [2.24, 2.45) is 0 Å². The fraction of sp³-hybridized carbons (Fsp3) is 0.600. The molecule has 1 aromatic carbocycles. The van der Waals surface area contributed by atoms with Gasteiger partial charge in [-0.05, 0) is 44.9 Å². The Morgan fingerprint density at radius 2 is 2.12 bits per heavy atom. The lowest BCUT2D eigenvalue weighted by Crippen LogP contribution is -2.33. The molecule has 2 rings (SSSR count). The van der Waals surface area contributed by atoms with Crippen LogP contribution in [-0.4, -0.2) is 17.8 Å². The maximum atomic E-state index is 3.63. The first kappa shape index (κ1) is 13.0. The van der Waals surface area contributed by atoms with E-state index >= 15 is 0 Å². The van der Waals surface area contributed by atoms with Crippen LogP contribution in [0.25, 0.3) is 0 Å². The number of nitrogens with one attached hydrogen (secondary N) is 1. The van der Waals surface area contributed by atoms with Gasteiger partial charge in [0.2, 0.25) is 0 Å². The third-order valence-corrected chi connectivity index (χ3v) is 5.10. The fourth-order valence-corrected chi connectivity index (χ4v) is 4.08. The third-order valence-electron chi connectivity index (χ3n) is 3.54. The van der Waals surface area contributed by atoms with Crippen molar-refractivity contribution in [3.05, 3.63) is 29.3 Å². The molecule has 0 radical (unpaired) electrons. The van der Waals surface area contributed by atoms with E-state index in [1.54, 1.807) is 0 Å². The first-order chi connectivity index (χ1) is 8.20. The maximum Gasteiger partial charge on any atom is 0.0248 e. The maximum absolute atomic E-state index is 3.63. The summed E-state index contributed by atoms with van der Waals surface area (Å²) in [4.78, 5) is 1.47. The Kier molecular flexibility index (Phi) is 4.52. The summed E-state index contributed by atoms with van der Waals surface area (Å²) >= 11 is 2.08. The molecule has 2 atom stereocenters. The molecule has 0 spiro atoms. The summed E-state index contributed by atoms with van der Waals surface area (Å²) in [6.45, 7) is 7.70. The van der Waals surface area contributed by atoms with Crippen LogP contribution in [-0.2, 0) is 0 Å². The molecule has 0 aromatic heterocycles. The van der Waals surface area contributed by atoms with E-state index in [1.807, 2.05) is 0 Å². The number of hydrogen-bond acceptors (Lipinski definition) is 2. The van der Waals surface area contributed by atoms with Crippen LogP contribution in [0.5, 0.6) is 0 Å². The standard InChI is InChI=1S/C15H23NS/c1-4-16-13-6-5-7-14(13)17-15-10-11(2)8-9-12(15)3/h8-10,13-14,16H,4-7H2,1-3H3. The van der Waals surface area contributed by atoms with Crippen molar-refractivity contribution < 1.29 is 0 Å². The molecular formula is C15H23NS. The zero-order valence-electron chi connectivity index (χ0n) is 11.1. The lowest BCUT2D eigenvalue weighted by Gasteiger charge is -2.20. The molecule has 1 aromatic rings. The van der Waals surface area contributed by atoms with Crippen LogP contribution in [0.1, 0.15) is 37.3 Å². The summed E-state index contributed by atoms with van der Waals surface area (Å²) in [6.07, 6.45) is 4.08. The van der Waals surface area contributed by atoms with Gasteiger partial charge in [0.1, 0.15) is 0 Å². The van der Waals surface area contributed by atoms with Crippen LogP contribution in [0.15, 0.2) is 23.1 Å². The minimum Gasteiger partial charge on any atom is -0.313 e. The van der Waals surface area contributed by atoms with Crippen LogP contribution in [0.3, 0.4) is 0 Å². The van der Waals surface area contributed by atoms with Gasteiger partial charge in [-0.2, -0.15) is 0 Å². The highest BCUT2D eigenvalue weighted by molar-refractivity contribution is 8.00. The molecule has 0 saturated heterocycles. The van der Waals surface area contributed by atoms with E-state index < -0.39 is 0 Å². The smallest absolute Gasteiger partial charge is 0.0248 e. The van der Waals surface area contributed by atoms with Gasteiger partial charge in [0.15, 0.2) is 0 Å². The average molecular weight is 249 g/mol. The van der Waals surface area contributed by atoms with Crippen molar-refractivity contribution in [3.8, 4) is 0 Å². The number of rotatable bonds is 4. The van der Waals surface area contributed by atoms with Gasteiger partial charge in [0.05, 0.1) is 0 Å². The first-order valence-corrected chi connectivity index (χ1v) is 7.56. The van der Waals surface area contributed by atoms with E-state index in [0.29, 0.717) is 6.04 Å². The molecule has 94 valence electrons. The highest BCUT2D eigenvalue weighted by atomic mass is 32.2. The monoisotopic (exact) mass is 249 g/mol. The lowest BCUT2D eigenvalue weighted by atomic mass is 10.2. The highest BCUT2D eigenvalue weighted by Gasteiger charge is 2.27. The zero-order valence-corrected chi connectivity index (χ0v) is 11.9. The molecule has 2 heteroatoms. The van der Waals surface area contributed by atoms with Crippen molar-refractivity contribution in [3.63, 3.8) is 0 Å². The predicted octanol–water partition coefficient (Wildman–Crippen LogP) is 3.93. The summed E-state index contributed by atoms with van der Waals surface area (Å²) in [6, 6.07) is 7.50. The Bertz CT molecular complexity index is 375. The summed E-state index contributed by atoms with van der Waals surface area (Å²) in [5.41, 5.74) is 2.79. The second-order valence-electron chi connectivity index (χ2n) is 5.02. The van der Waals surface area contributed by atoms with Crippen LogP contribution in [0, 0.1) is 13.8 Å². The van der Waals surface area contributed by atoms with Crippen molar-refractivity contribution in [1.29, 1.82) is 0 Å². The van der Waals surface area contributed by atoms with Crippen LogP contribution in [0.2, 0.25) is 0 Å². The Hall–Kier alpha value is -0.470. The first-order valence-electron chi connectivity index (χ1n) is 6.68. The number of hydrogen-bond donors (Lipinski definition) is 1. The van der Waals surface area contributed by atoms with Gasteiger partial charge in [0, 0.05) is 16.2 Å². The van der Waals surface area contributed by atoms with Crippen molar-refractivity contribution >= 4 is 11.8 Å². The van der Waals surface area contributed by atoms with E-state index in [0.717, 1.165) is 11.8 Å². The van der Waals surface area contributed by atoms with E-state index in [-0.39, 0.29) is 0 Å². The molecule has 1 fully saturated rings. The molecular weight excluding hydrogens is 226 g/mol. The fourth-order valence-electron chi connectivity index (χ4n) is 2.56. The van der Waals surface area contributed by atoms with Gasteiger partial charge in [-0.1, -0.05) is 31.0 Å². The molecule has 1 nitrogen and oxygen atoms in total. The van der Waals surface area contributed by atoms with Gasteiger partial charge in [-0.15, -0.1) is 11.8 Å². The third kappa shape index (κ3) is 3.26. The largest absolute Gasteiger partial charge is 0.313 e. The lowest BCUT2D eigenvalue weighted by molar-refractivity contribution is 0.551. The van der Waals surface area contributed by atoms with E-state index in [9.17, 15) is 0 Å². The summed E-state index contributed by atoms with van der Waals surface area (Å²) < 4.78 is 0. The van der Waals surface area contributed by atoms with Gasteiger partial charge in [-0.3, -0.25) is 0 Å². The van der Waals surface area contributed by atoms with Crippen LogP contribution in [0.4, 0.5) is 0 Å². The molecule has 17 heavy (non-hydrogen) atoms. The molecule has 1 saturated carbocycles. The number of benzene rings is 1. The normalized spacial score (nSPS) is 24.2. The molecule has 1 aliphatic carbocycles. The molecule has 1 N–H and O–H groups in total. The second-order valence-corrected chi connectivity index (χ2v) is 6.30. The molecule has 1 aliphatic rings. The highest BCUT2D eigenvalue weighted by Crippen LogP contribution is 2.36. The molecule has 0 aliphatic heterocycles. The quantitative estimate of drug-likeness (QED) is 0.868. The Labute approximate surface area is 109 Å². The van der Waals surface area contributed by atoms with Crippen molar-refractivity contribution in [2.45, 2.75) is 56.2 Å².